The van der Waals surface area contributed by atoms with Gasteiger partial charge in [-0.05, 0) is 36.4 Å². The first kappa shape index (κ1) is 16.8. The van der Waals surface area contributed by atoms with E-state index in [2.05, 4.69) is 9.97 Å². The van der Waals surface area contributed by atoms with E-state index in [1.165, 1.54) is 23.0 Å². The molecule has 136 valence electrons. The standard InChI is InChI=1S/C18H11F3N4O2/c1-24-9-22-15-16(24)23-18(27-14-7-4-11(20)8-13(14)21)25(17(15)26)12-5-2-10(19)3-6-12/h2-9H,1H3. The van der Waals surface area contributed by atoms with Gasteiger partial charge in [0.15, 0.2) is 22.7 Å². The number of hydrogen-bond donors (Lipinski definition) is 0. The van der Waals surface area contributed by atoms with Crippen molar-refractivity contribution in [3.8, 4) is 17.4 Å². The zero-order chi connectivity index (χ0) is 19.1. The van der Waals surface area contributed by atoms with Crippen LogP contribution >= 0.6 is 0 Å². The average molecular weight is 372 g/mol. The van der Waals surface area contributed by atoms with E-state index in [-0.39, 0.29) is 28.6 Å². The number of nitrogens with zero attached hydrogens (tertiary/aromatic N) is 4. The van der Waals surface area contributed by atoms with Crippen molar-refractivity contribution in [1.82, 2.24) is 19.1 Å². The SMILES string of the molecule is Cn1cnc2c(=O)n(-c3ccc(F)cc3)c(Oc3ccc(F)cc3F)nc21. The minimum absolute atomic E-state index is 0.0637. The molecule has 4 aromatic rings. The van der Waals surface area contributed by atoms with Crippen LogP contribution in [0.25, 0.3) is 16.9 Å². The molecular formula is C18H11F3N4O2. The fourth-order valence-corrected chi connectivity index (χ4v) is 2.58. The quantitative estimate of drug-likeness (QED) is 0.554. The molecule has 2 aromatic heterocycles. The number of ether oxygens (including phenoxy) is 1. The third-order valence-corrected chi connectivity index (χ3v) is 3.88. The van der Waals surface area contributed by atoms with Crippen LogP contribution in [-0.4, -0.2) is 19.1 Å². The van der Waals surface area contributed by atoms with E-state index < -0.39 is 23.0 Å². The van der Waals surface area contributed by atoms with Crippen molar-refractivity contribution in [1.29, 1.82) is 0 Å². The van der Waals surface area contributed by atoms with Gasteiger partial charge in [0.1, 0.15) is 11.6 Å². The van der Waals surface area contributed by atoms with Crippen LogP contribution in [-0.2, 0) is 7.05 Å². The summed E-state index contributed by atoms with van der Waals surface area (Å²) in [6, 6.07) is 7.49. The summed E-state index contributed by atoms with van der Waals surface area (Å²) in [5, 5.41) is 0. The van der Waals surface area contributed by atoms with E-state index in [9.17, 15) is 18.0 Å². The van der Waals surface area contributed by atoms with E-state index in [0.717, 1.165) is 28.8 Å². The molecule has 0 aliphatic heterocycles. The van der Waals surface area contributed by atoms with Crippen molar-refractivity contribution < 1.29 is 17.9 Å². The first-order chi connectivity index (χ1) is 12.9. The van der Waals surface area contributed by atoms with Gasteiger partial charge >= 0.3 is 6.01 Å². The number of aryl methyl sites for hydroxylation is 1. The third-order valence-electron chi connectivity index (χ3n) is 3.88. The predicted molar refractivity (Wildman–Crippen MR) is 90.5 cm³/mol. The monoisotopic (exact) mass is 372 g/mol. The maximum absolute atomic E-state index is 14.0. The Balaban J connectivity index is 1.96. The highest BCUT2D eigenvalue weighted by atomic mass is 19.1. The molecule has 0 aliphatic carbocycles. The number of benzene rings is 2. The molecule has 2 heterocycles. The van der Waals surface area contributed by atoms with Crippen LogP contribution in [0.3, 0.4) is 0 Å². The van der Waals surface area contributed by atoms with Crippen molar-refractivity contribution in [3.63, 3.8) is 0 Å². The molecule has 0 N–H and O–H groups in total. The highest BCUT2D eigenvalue weighted by Gasteiger charge is 2.19. The molecule has 4 rings (SSSR count). The summed E-state index contributed by atoms with van der Waals surface area (Å²) in [4.78, 5) is 21.1. The third kappa shape index (κ3) is 2.92. The Morgan fingerprint density at radius 3 is 2.41 bits per heavy atom. The Morgan fingerprint density at radius 2 is 1.70 bits per heavy atom. The van der Waals surface area contributed by atoms with Gasteiger partial charge in [0.05, 0.1) is 12.0 Å². The molecule has 0 saturated carbocycles. The molecule has 0 atom stereocenters. The van der Waals surface area contributed by atoms with Crippen LogP contribution < -0.4 is 10.3 Å². The number of fused-ring (bicyclic) bond motifs is 1. The molecule has 9 heteroatoms. The van der Waals surface area contributed by atoms with Crippen molar-refractivity contribution in [2.45, 2.75) is 0 Å². The lowest BCUT2D eigenvalue weighted by Crippen LogP contribution is -2.22. The number of halogens is 3. The highest BCUT2D eigenvalue weighted by molar-refractivity contribution is 5.70. The molecule has 0 unspecified atom stereocenters. The summed E-state index contributed by atoms with van der Waals surface area (Å²) >= 11 is 0. The van der Waals surface area contributed by atoms with E-state index in [1.807, 2.05) is 0 Å². The maximum atomic E-state index is 14.0. The summed E-state index contributed by atoms with van der Waals surface area (Å²) in [6.45, 7) is 0. The number of aromatic nitrogens is 4. The van der Waals surface area contributed by atoms with Crippen LogP contribution in [0.2, 0.25) is 0 Å². The number of hydrogen-bond acceptors (Lipinski definition) is 4. The van der Waals surface area contributed by atoms with Gasteiger partial charge in [-0.1, -0.05) is 0 Å². The molecule has 0 fully saturated rings. The molecule has 0 spiro atoms. The van der Waals surface area contributed by atoms with Crippen LogP contribution in [0.5, 0.6) is 11.8 Å². The number of imidazole rings is 1. The fourth-order valence-electron chi connectivity index (χ4n) is 2.58. The molecule has 0 bridgehead atoms. The van der Waals surface area contributed by atoms with Gasteiger partial charge in [-0.15, -0.1) is 0 Å². The summed E-state index contributed by atoms with van der Waals surface area (Å²) in [5.74, 6) is -2.54. The second-order valence-electron chi connectivity index (χ2n) is 5.72. The second-order valence-corrected chi connectivity index (χ2v) is 5.72. The van der Waals surface area contributed by atoms with Gasteiger partial charge in [0.25, 0.3) is 5.56 Å². The van der Waals surface area contributed by atoms with Crippen LogP contribution in [0.4, 0.5) is 13.2 Å². The number of rotatable bonds is 3. The summed E-state index contributed by atoms with van der Waals surface area (Å²) in [5.41, 5.74) is -0.0478. The molecule has 0 radical (unpaired) electrons. The van der Waals surface area contributed by atoms with Gasteiger partial charge in [-0.3, -0.25) is 4.79 Å². The zero-order valence-corrected chi connectivity index (χ0v) is 13.9. The Labute approximate surface area is 150 Å². The lowest BCUT2D eigenvalue weighted by molar-refractivity contribution is 0.396. The first-order valence-corrected chi connectivity index (χ1v) is 7.77. The van der Waals surface area contributed by atoms with Crippen molar-refractivity contribution in [2.75, 3.05) is 0 Å². The van der Waals surface area contributed by atoms with Crippen molar-refractivity contribution in [2.24, 2.45) is 7.05 Å². The van der Waals surface area contributed by atoms with E-state index in [0.29, 0.717) is 6.07 Å². The lowest BCUT2D eigenvalue weighted by Gasteiger charge is -2.13. The normalized spacial score (nSPS) is 11.1. The van der Waals surface area contributed by atoms with Crippen molar-refractivity contribution in [3.05, 3.63) is 76.6 Å². The van der Waals surface area contributed by atoms with Gasteiger partial charge in [0, 0.05) is 13.1 Å². The smallest absolute Gasteiger partial charge is 0.311 e. The minimum atomic E-state index is -0.958. The molecule has 27 heavy (non-hydrogen) atoms. The van der Waals surface area contributed by atoms with Crippen molar-refractivity contribution >= 4 is 11.2 Å². The summed E-state index contributed by atoms with van der Waals surface area (Å²) in [6.07, 6.45) is 1.40. The maximum Gasteiger partial charge on any atom is 0.311 e. The van der Waals surface area contributed by atoms with Crippen LogP contribution in [0.15, 0.2) is 53.6 Å². The van der Waals surface area contributed by atoms with E-state index in [1.54, 1.807) is 7.05 Å². The fraction of sp³-hybridized carbons (Fsp3) is 0.0556. The Morgan fingerprint density at radius 1 is 1.00 bits per heavy atom. The van der Waals surface area contributed by atoms with E-state index >= 15 is 0 Å². The van der Waals surface area contributed by atoms with E-state index in [4.69, 9.17) is 4.74 Å². The largest absolute Gasteiger partial charge is 0.422 e. The minimum Gasteiger partial charge on any atom is -0.422 e. The topological polar surface area (TPSA) is 61.9 Å². The van der Waals surface area contributed by atoms with Gasteiger partial charge in [-0.2, -0.15) is 4.98 Å². The predicted octanol–water partition coefficient (Wildman–Crippen LogP) is 3.33. The van der Waals surface area contributed by atoms with Gasteiger partial charge in [-0.25, -0.2) is 22.7 Å². The second kappa shape index (κ2) is 6.27. The van der Waals surface area contributed by atoms with Gasteiger partial charge < -0.3 is 9.30 Å². The molecule has 0 saturated heterocycles. The lowest BCUT2D eigenvalue weighted by atomic mass is 10.3. The summed E-state index contributed by atoms with van der Waals surface area (Å²) in [7, 11) is 1.63. The van der Waals surface area contributed by atoms with Crippen LogP contribution in [0.1, 0.15) is 0 Å². The molecular weight excluding hydrogens is 361 g/mol. The molecule has 6 nitrogen and oxygen atoms in total. The molecule has 0 aliphatic rings. The molecule has 2 aromatic carbocycles. The van der Waals surface area contributed by atoms with Crippen LogP contribution in [0, 0.1) is 17.5 Å². The zero-order valence-electron chi connectivity index (χ0n) is 13.9. The highest BCUT2D eigenvalue weighted by Crippen LogP contribution is 2.26. The van der Waals surface area contributed by atoms with Gasteiger partial charge in [0.2, 0.25) is 0 Å². The Bertz CT molecular complexity index is 1220. The Kier molecular flexibility index (Phi) is 3.91. The average Bonchev–Trinajstić information content (AvgIpc) is 3.00. The summed E-state index contributed by atoms with van der Waals surface area (Å²) < 4.78 is 48.4. The first-order valence-electron chi connectivity index (χ1n) is 7.77. The molecule has 0 amide bonds. The Hall–Kier alpha value is -3.62.